The molecule has 0 aliphatic heterocycles. The molecule has 0 bridgehead atoms. The fourth-order valence-corrected chi connectivity index (χ4v) is 3.44. The van der Waals surface area contributed by atoms with E-state index < -0.39 is 20.0 Å². The molecule has 0 aromatic heterocycles. The third kappa shape index (κ3) is 3.30. The smallest absolute Gasteiger partial charge is 0.269 e. The van der Waals surface area contributed by atoms with E-state index >= 15 is 0 Å². The summed E-state index contributed by atoms with van der Waals surface area (Å²) < 4.78 is 30.1. The number of non-ortho nitro benzene ring substituents is 1. The first-order valence-electron chi connectivity index (χ1n) is 6.42. The molecule has 8 heteroatoms. The Labute approximate surface area is 132 Å². The van der Waals surface area contributed by atoms with Crippen molar-refractivity contribution >= 4 is 15.5 Å². The molecule has 0 saturated carbocycles. The summed E-state index contributed by atoms with van der Waals surface area (Å²) in [6.45, 7) is 0. The quantitative estimate of drug-likeness (QED) is 0.615. The van der Waals surface area contributed by atoms with Crippen LogP contribution in [0.15, 0.2) is 53.4 Å². The van der Waals surface area contributed by atoms with Gasteiger partial charge in [0.1, 0.15) is 5.75 Å². The van der Waals surface area contributed by atoms with Crippen LogP contribution >= 0.6 is 0 Å². The zero-order chi connectivity index (χ0) is 17.0. The third-order valence-electron chi connectivity index (χ3n) is 3.22. The van der Waals surface area contributed by atoms with Crippen molar-refractivity contribution in [2.24, 2.45) is 0 Å². The van der Waals surface area contributed by atoms with Crippen molar-refractivity contribution in [2.75, 3.05) is 7.11 Å². The van der Waals surface area contributed by atoms with Crippen LogP contribution in [-0.4, -0.2) is 20.5 Å². The molecule has 0 N–H and O–H groups in total. The monoisotopic (exact) mass is 332 g/mol. The minimum atomic E-state index is -3.99. The Kier molecular flexibility index (Phi) is 4.62. The van der Waals surface area contributed by atoms with Crippen LogP contribution in [0.4, 0.5) is 5.69 Å². The van der Waals surface area contributed by atoms with Gasteiger partial charge in [-0.05, 0) is 29.8 Å². The second kappa shape index (κ2) is 6.46. The number of ether oxygens (including phenoxy) is 1. The van der Waals surface area contributed by atoms with Crippen molar-refractivity contribution in [3.05, 3.63) is 64.2 Å². The largest absolute Gasteiger partial charge is 0.497 e. The number of nitrogens with zero attached hydrogens (tertiary/aromatic N) is 2. The van der Waals surface area contributed by atoms with E-state index in [0.717, 1.165) is 24.3 Å². The third-order valence-corrected chi connectivity index (χ3v) is 5.15. The summed E-state index contributed by atoms with van der Waals surface area (Å²) in [5, 5.41) is 18.5. The Morgan fingerprint density at radius 2 is 1.70 bits per heavy atom. The van der Waals surface area contributed by atoms with Crippen LogP contribution in [0.5, 0.6) is 5.75 Å². The van der Waals surface area contributed by atoms with Gasteiger partial charge in [0.25, 0.3) is 5.69 Å². The molecule has 0 amide bonds. The Morgan fingerprint density at radius 3 is 2.13 bits per heavy atom. The highest BCUT2D eigenvalue weighted by atomic mass is 32.2. The van der Waals surface area contributed by atoms with E-state index in [1.165, 1.54) is 19.2 Å². The Hall–Kier alpha value is -2.92. The molecule has 118 valence electrons. The first-order chi connectivity index (χ1) is 10.9. The highest BCUT2D eigenvalue weighted by Crippen LogP contribution is 2.30. The molecule has 2 aromatic carbocycles. The van der Waals surface area contributed by atoms with Gasteiger partial charge >= 0.3 is 0 Å². The van der Waals surface area contributed by atoms with Gasteiger partial charge in [-0.2, -0.15) is 5.26 Å². The normalized spacial score (nSPS) is 12.2. The summed E-state index contributed by atoms with van der Waals surface area (Å²) in [4.78, 5) is 9.85. The summed E-state index contributed by atoms with van der Waals surface area (Å²) in [6, 6.07) is 12.3. The molecule has 23 heavy (non-hydrogen) atoms. The average molecular weight is 332 g/mol. The molecule has 1 atom stereocenters. The van der Waals surface area contributed by atoms with Crippen LogP contribution in [0, 0.1) is 21.4 Å². The standard InChI is InChI=1S/C15H12N2O5S/c1-22-13-6-2-11(3-7-13)15(10-16)23(20,21)14-8-4-12(5-9-14)17(18)19/h2-9,15H,1H3. The predicted octanol–water partition coefficient (Wildman–Crippen LogP) is 2.64. The van der Waals surface area contributed by atoms with Crippen LogP contribution in [0.2, 0.25) is 0 Å². The van der Waals surface area contributed by atoms with Crippen LogP contribution in [-0.2, 0) is 9.84 Å². The number of rotatable bonds is 5. The van der Waals surface area contributed by atoms with E-state index in [4.69, 9.17) is 4.74 Å². The van der Waals surface area contributed by atoms with E-state index in [1.807, 2.05) is 0 Å². The molecule has 0 aliphatic rings. The fraction of sp³-hybridized carbons (Fsp3) is 0.133. The molecule has 0 saturated heterocycles. The molecule has 2 aromatic rings. The van der Waals surface area contributed by atoms with Gasteiger partial charge in [-0.1, -0.05) is 12.1 Å². The van der Waals surface area contributed by atoms with Gasteiger partial charge in [0.15, 0.2) is 15.1 Å². The fourth-order valence-electron chi connectivity index (χ4n) is 2.00. The van der Waals surface area contributed by atoms with E-state index in [-0.39, 0.29) is 10.6 Å². The van der Waals surface area contributed by atoms with E-state index in [2.05, 4.69) is 0 Å². The molecule has 0 radical (unpaired) electrons. The second-order valence-corrected chi connectivity index (χ2v) is 6.61. The number of sulfone groups is 1. The number of hydrogen-bond donors (Lipinski definition) is 0. The zero-order valence-electron chi connectivity index (χ0n) is 12.0. The molecule has 0 spiro atoms. The summed E-state index contributed by atoms with van der Waals surface area (Å²) in [7, 11) is -2.51. The lowest BCUT2D eigenvalue weighted by Gasteiger charge is -2.11. The molecule has 0 heterocycles. The van der Waals surface area contributed by atoms with Crippen LogP contribution in [0.3, 0.4) is 0 Å². The number of nitro benzene ring substituents is 1. The van der Waals surface area contributed by atoms with Crippen molar-refractivity contribution in [2.45, 2.75) is 10.1 Å². The molecular weight excluding hydrogens is 320 g/mol. The second-order valence-electron chi connectivity index (χ2n) is 4.58. The minimum absolute atomic E-state index is 0.148. The van der Waals surface area contributed by atoms with Crippen LogP contribution in [0.25, 0.3) is 0 Å². The highest BCUT2D eigenvalue weighted by molar-refractivity contribution is 7.92. The van der Waals surface area contributed by atoms with Gasteiger partial charge in [0.05, 0.1) is 23.0 Å². The predicted molar refractivity (Wildman–Crippen MR) is 81.6 cm³/mol. The number of nitriles is 1. The first kappa shape index (κ1) is 16.5. The molecule has 0 aliphatic carbocycles. The van der Waals surface area contributed by atoms with E-state index in [1.54, 1.807) is 18.2 Å². The minimum Gasteiger partial charge on any atom is -0.497 e. The molecule has 7 nitrogen and oxygen atoms in total. The van der Waals surface area contributed by atoms with Gasteiger partial charge in [-0.15, -0.1) is 0 Å². The number of hydrogen-bond acceptors (Lipinski definition) is 6. The lowest BCUT2D eigenvalue weighted by atomic mass is 10.1. The van der Waals surface area contributed by atoms with Crippen molar-refractivity contribution in [3.63, 3.8) is 0 Å². The van der Waals surface area contributed by atoms with Crippen molar-refractivity contribution < 1.29 is 18.1 Å². The van der Waals surface area contributed by atoms with Crippen molar-refractivity contribution in [1.29, 1.82) is 5.26 Å². The highest BCUT2D eigenvalue weighted by Gasteiger charge is 2.29. The maximum atomic E-state index is 12.6. The zero-order valence-corrected chi connectivity index (χ0v) is 12.9. The Bertz CT molecular complexity index is 852. The van der Waals surface area contributed by atoms with Crippen LogP contribution in [0.1, 0.15) is 10.8 Å². The SMILES string of the molecule is COc1ccc(C(C#N)S(=O)(=O)c2ccc([N+](=O)[O-])cc2)cc1. The number of nitro groups is 1. The van der Waals surface area contributed by atoms with E-state index in [0.29, 0.717) is 11.3 Å². The lowest BCUT2D eigenvalue weighted by molar-refractivity contribution is -0.384. The van der Waals surface area contributed by atoms with Crippen LogP contribution < -0.4 is 4.74 Å². The van der Waals surface area contributed by atoms with Gasteiger partial charge in [0, 0.05) is 12.1 Å². The Balaban J connectivity index is 2.42. The number of methoxy groups -OCH3 is 1. The van der Waals surface area contributed by atoms with Gasteiger partial charge in [-0.3, -0.25) is 10.1 Å². The summed E-state index contributed by atoms with van der Waals surface area (Å²) in [5.74, 6) is 0.540. The van der Waals surface area contributed by atoms with Gasteiger partial charge in [0.2, 0.25) is 0 Å². The van der Waals surface area contributed by atoms with Gasteiger partial charge < -0.3 is 4.74 Å². The molecule has 2 rings (SSSR count). The lowest BCUT2D eigenvalue weighted by Crippen LogP contribution is -2.12. The first-order valence-corrected chi connectivity index (χ1v) is 7.96. The maximum Gasteiger partial charge on any atom is 0.269 e. The number of benzene rings is 2. The maximum absolute atomic E-state index is 12.6. The average Bonchev–Trinajstić information content (AvgIpc) is 2.56. The Morgan fingerprint density at radius 1 is 1.13 bits per heavy atom. The summed E-state index contributed by atoms with van der Waals surface area (Å²) in [6.07, 6.45) is 0. The topological polar surface area (TPSA) is 110 Å². The van der Waals surface area contributed by atoms with E-state index in [9.17, 15) is 23.8 Å². The molecular formula is C15H12N2O5S. The van der Waals surface area contributed by atoms with Gasteiger partial charge in [-0.25, -0.2) is 8.42 Å². The summed E-state index contributed by atoms with van der Waals surface area (Å²) >= 11 is 0. The van der Waals surface area contributed by atoms with Crippen molar-refractivity contribution in [3.8, 4) is 11.8 Å². The molecule has 0 fully saturated rings. The summed E-state index contributed by atoms with van der Waals surface area (Å²) in [5.41, 5.74) is 0.0774. The molecule has 1 unspecified atom stereocenters. The van der Waals surface area contributed by atoms with Crippen molar-refractivity contribution in [1.82, 2.24) is 0 Å².